The van der Waals surface area contributed by atoms with E-state index in [0.717, 1.165) is 62.5 Å². The van der Waals surface area contributed by atoms with Crippen LogP contribution >= 0.6 is 0 Å². The maximum atomic E-state index is 14.0. The van der Waals surface area contributed by atoms with Crippen LogP contribution < -0.4 is 0 Å². The van der Waals surface area contributed by atoms with E-state index in [0.29, 0.717) is 19.3 Å². The number of carbonyl (C=O) groups is 3. The number of carbonyl (C=O) groups excluding carboxylic acids is 3. The molecule has 0 amide bonds. The lowest BCUT2D eigenvalue weighted by Gasteiger charge is -2.50. The minimum absolute atomic E-state index is 0.0156. The molecule has 2 heterocycles. The lowest BCUT2D eigenvalue weighted by Crippen LogP contribution is -2.59. The number of rotatable bonds is 23. The molecule has 0 bridgehead atoms. The molecule has 0 aliphatic carbocycles. The molecule has 2 aliphatic rings. The molecule has 2 N–H and O–H groups in total. The maximum absolute atomic E-state index is 14.0. The molecule has 0 unspecified atom stereocenters. The molecule has 11 nitrogen and oxygen atoms in total. The fraction of sp³-hybridized carbons (Fsp3) is 0.792. The third kappa shape index (κ3) is 18.7. The average molecular weight is 903 g/mol. The van der Waals surface area contributed by atoms with Crippen molar-refractivity contribution in [3.63, 3.8) is 0 Å². The number of hydrogen-bond acceptors (Lipinski definition) is 11. The Morgan fingerprint density at radius 2 is 1.41 bits per heavy atom. The van der Waals surface area contributed by atoms with Crippen molar-refractivity contribution in [2.45, 2.75) is 221 Å². The molecular formula is C53H90O11. The Labute approximate surface area is 388 Å². The molecule has 12 atom stereocenters. The highest BCUT2D eigenvalue weighted by Gasteiger charge is 2.53. The number of aliphatic hydroxyl groups is 2. The second-order valence-electron chi connectivity index (χ2n) is 19.5. The van der Waals surface area contributed by atoms with Gasteiger partial charge in [-0.25, -0.2) is 4.79 Å². The molecule has 0 aromatic rings. The first kappa shape index (κ1) is 57.1. The van der Waals surface area contributed by atoms with Crippen molar-refractivity contribution >= 4 is 17.9 Å². The molecule has 2 rings (SSSR count). The molecule has 2 aliphatic heterocycles. The Balaban J connectivity index is 2.42. The number of allylic oxidation sites excluding steroid dienone is 5. The zero-order valence-corrected chi connectivity index (χ0v) is 42.2. The van der Waals surface area contributed by atoms with Crippen LogP contribution in [0.25, 0.3) is 0 Å². The first-order chi connectivity index (χ1) is 30.3. The van der Waals surface area contributed by atoms with Crippen molar-refractivity contribution in [2.24, 2.45) is 35.5 Å². The van der Waals surface area contributed by atoms with Crippen molar-refractivity contribution < 1.29 is 53.0 Å². The van der Waals surface area contributed by atoms with E-state index in [4.69, 9.17) is 28.4 Å². The highest BCUT2D eigenvalue weighted by molar-refractivity contribution is 5.87. The molecular weight excluding hydrogens is 813 g/mol. The van der Waals surface area contributed by atoms with Crippen LogP contribution in [0.3, 0.4) is 0 Å². The summed E-state index contributed by atoms with van der Waals surface area (Å²) in [4.78, 5) is 40.3. The molecule has 1 saturated heterocycles. The van der Waals surface area contributed by atoms with E-state index >= 15 is 0 Å². The number of aliphatic hydroxyl groups excluding tert-OH is 1. The molecule has 0 radical (unpaired) electrons. The van der Waals surface area contributed by atoms with E-state index in [1.807, 2.05) is 59.8 Å². The van der Waals surface area contributed by atoms with E-state index in [9.17, 15) is 24.6 Å². The second-order valence-corrected chi connectivity index (χ2v) is 19.5. The van der Waals surface area contributed by atoms with Crippen LogP contribution in [0.1, 0.15) is 179 Å². The van der Waals surface area contributed by atoms with Crippen molar-refractivity contribution in [2.75, 3.05) is 14.2 Å². The Kier molecular flexibility index (Phi) is 26.4. The topological polar surface area (TPSA) is 147 Å². The molecule has 368 valence electrons. The first-order valence-corrected chi connectivity index (χ1v) is 24.8. The number of esters is 3. The van der Waals surface area contributed by atoms with E-state index in [-0.39, 0.29) is 47.8 Å². The van der Waals surface area contributed by atoms with Gasteiger partial charge in [-0.2, -0.15) is 0 Å². The van der Waals surface area contributed by atoms with Gasteiger partial charge in [0.25, 0.3) is 0 Å². The summed E-state index contributed by atoms with van der Waals surface area (Å²) in [5.41, 5.74) is 1.78. The van der Waals surface area contributed by atoms with Crippen LogP contribution in [0.5, 0.6) is 0 Å². The quantitative estimate of drug-likeness (QED) is 0.0574. The van der Waals surface area contributed by atoms with Crippen molar-refractivity contribution in [3.8, 4) is 0 Å². The fourth-order valence-corrected chi connectivity index (χ4v) is 9.42. The van der Waals surface area contributed by atoms with Gasteiger partial charge in [0.15, 0.2) is 5.79 Å². The predicted molar refractivity (Wildman–Crippen MR) is 254 cm³/mol. The summed E-state index contributed by atoms with van der Waals surface area (Å²) in [5.74, 6) is -5.28. The third-order valence-corrected chi connectivity index (χ3v) is 13.4. The number of methoxy groups -OCH3 is 2. The standard InChI is InChI=1S/C53H90O11/c1-14-16-18-20-22-24-29-46(54)61-45-34-53(58,64-49(35(3)4)40(45)9)42(11)48(56)41(10)51-43(59-12)28-26-27-36(5)31-38(7)50(62-47(55)30-25-23-21-19-17-15-2)39(8)32-37(6)33-44(60-13)52(57)63-51/h26-28,32-33,35,38-43,45,48-51,56,58H,14-25,29-31,34H2,1-13H3/b28-26+,36-27+,37-32+,44-33-/t38-,39+,40-,41-,42-,43-,45+,48+,49+,50-,51+,53+/m0/s1. The van der Waals surface area contributed by atoms with Crippen LogP contribution in [-0.2, 0) is 42.8 Å². The summed E-state index contributed by atoms with van der Waals surface area (Å²) >= 11 is 0. The van der Waals surface area contributed by atoms with Gasteiger partial charge < -0.3 is 38.6 Å². The van der Waals surface area contributed by atoms with Gasteiger partial charge in [-0.3, -0.25) is 9.59 Å². The Bertz CT molecular complexity index is 1510. The molecule has 64 heavy (non-hydrogen) atoms. The van der Waals surface area contributed by atoms with Crippen molar-refractivity contribution in [3.05, 3.63) is 47.3 Å². The van der Waals surface area contributed by atoms with Crippen LogP contribution in [0, 0.1) is 35.5 Å². The van der Waals surface area contributed by atoms with Crippen LogP contribution in [0.15, 0.2) is 47.3 Å². The Morgan fingerprint density at radius 1 is 0.844 bits per heavy atom. The van der Waals surface area contributed by atoms with Gasteiger partial charge in [0.2, 0.25) is 5.76 Å². The average Bonchev–Trinajstić information content (AvgIpc) is 3.24. The summed E-state index contributed by atoms with van der Waals surface area (Å²) in [6, 6.07) is 0. The first-order valence-electron chi connectivity index (χ1n) is 24.8. The largest absolute Gasteiger partial charge is 0.490 e. The highest BCUT2D eigenvalue weighted by Crippen LogP contribution is 2.43. The molecule has 0 aromatic heterocycles. The summed E-state index contributed by atoms with van der Waals surface area (Å²) in [6.07, 6.45) is 18.7. The molecule has 0 spiro atoms. The lowest BCUT2D eigenvalue weighted by molar-refractivity contribution is -0.329. The number of hydrogen-bond donors (Lipinski definition) is 2. The number of ether oxygens (including phenoxy) is 6. The van der Waals surface area contributed by atoms with Crippen molar-refractivity contribution in [1.82, 2.24) is 0 Å². The summed E-state index contributed by atoms with van der Waals surface area (Å²) < 4.78 is 36.5. The highest BCUT2D eigenvalue weighted by atomic mass is 16.6. The lowest BCUT2D eigenvalue weighted by atomic mass is 9.76. The van der Waals surface area contributed by atoms with Gasteiger partial charge in [0.05, 0.1) is 19.3 Å². The molecule has 1 fully saturated rings. The summed E-state index contributed by atoms with van der Waals surface area (Å²) in [6.45, 7) is 21.8. The van der Waals surface area contributed by atoms with Gasteiger partial charge in [0.1, 0.15) is 24.4 Å². The Morgan fingerprint density at radius 3 is 1.95 bits per heavy atom. The van der Waals surface area contributed by atoms with E-state index in [2.05, 4.69) is 20.8 Å². The minimum Gasteiger partial charge on any atom is -0.490 e. The van der Waals surface area contributed by atoms with E-state index in [1.54, 1.807) is 26.0 Å². The van der Waals surface area contributed by atoms with Gasteiger partial charge in [0, 0.05) is 50.0 Å². The van der Waals surface area contributed by atoms with Crippen LogP contribution in [-0.4, -0.2) is 84.8 Å². The van der Waals surface area contributed by atoms with Gasteiger partial charge in [-0.05, 0) is 51.0 Å². The number of unbranched alkanes of at least 4 members (excludes halogenated alkanes) is 10. The smallest absolute Gasteiger partial charge is 0.373 e. The second kappa shape index (κ2) is 29.6. The zero-order valence-electron chi connectivity index (χ0n) is 42.2. The van der Waals surface area contributed by atoms with Crippen LogP contribution in [0.2, 0.25) is 0 Å². The van der Waals surface area contributed by atoms with Crippen LogP contribution in [0.4, 0.5) is 0 Å². The normalized spacial score (nSPS) is 31.8. The monoisotopic (exact) mass is 903 g/mol. The van der Waals surface area contributed by atoms with Gasteiger partial charge in [-0.15, -0.1) is 0 Å². The molecule has 0 saturated carbocycles. The summed E-state index contributed by atoms with van der Waals surface area (Å²) in [7, 11) is 2.91. The molecule has 0 aromatic carbocycles. The molecule has 11 heteroatoms. The predicted octanol–water partition coefficient (Wildman–Crippen LogP) is 11.3. The zero-order chi connectivity index (χ0) is 48.0. The third-order valence-electron chi connectivity index (χ3n) is 13.4. The van der Waals surface area contributed by atoms with E-state index in [1.165, 1.54) is 39.9 Å². The summed E-state index contributed by atoms with van der Waals surface area (Å²) in [5, 5.41) is 24.5. The Hall–Kier alpha value is -2.99. The van der Waals surface area contributed by atoms with E-state index < -0.39 is 60.2 Å². The number of cyclic esters (lactones) is 1. The fourth-order valence-electron chi connectivity index (χ4n) is 9.42. The minimum atomic E-state index is -1.87. The maximum Gasteiger partial charge on any atom is 0.373 e. The van der Waals surface area contributed by atoms with Gasteiger partial charge in [-0.1, -0.05) is 162 Å². The SMILES string of the molecule is CCCCCCCCC(=O)O[C@@H]1[C@H](C)/C=C(C)/C=C(\OC)C(=O)O[C@H]([C@@H](C)[C@@H](O)[C@H](C)[C@@]2(O)C[C@@H](OC(=O)CCCCCCCC)[C@H](C)[C@@H](C(C)C)O2)[C@@H](OC)/C=C/C=C(\C)C[C@@H]1C. The van der Waals surface area contributed by atoms with Gasteiger partial charge >= 0.3 is 17.9 Å². The van der Waals surface area contributed by atoms with Crippen molar-refractivity contribution in [1.29, 1.82) is 0 Å².